The lowest BCUT2D eigenvalue weighted by molar-refractivity contribution is -0.163. The molecular weight excluding hydrogens is 536 g/mol. The van der Waals surface area contributed by atoms with Crippen LogP contribution in [0.15, 0.2) is 23.3 Å². The van der Waals surface area contributed by atoms with E-state index in [9.17, 15) is 19.8 Å². The molecule has 42 heavy (non-hydrogen) atoms. The van der Waals surface area contributed by atoms with Crippen molar-refractivity contribution in [3.05, 3.63) is 23.3 Å². The Bertz CT molecular complexity index is 896. The van der Waals surface area contributed by atoms with Crippen LogP contribution in [-0.4, -0.2) is 69.0 Å². The third-order valence-corrected chi connectivity index (χ3v) is 8.98. The third kappa shape index (κ3) is 11.7. The molecule has 242 valence electrons. The molecule has 2 heterocycles. The number of esters is 2. The van der Waals surface area contributed by atoms with Gasteiger partial charge in [0.2, 0.25) is 0 Å². The highest BCUT2D eigenvalue weighted by molar-refractivity contribution is 5.66. The van der Waals surface area contributed by atoms with Crippen LogP contribution < -0.4 is 0 Å². The second-order valence-electron chi connectivity index (χ2n) is 14.0. The molecule has 2 N–H and O–H groups in total. The van der Waals surface area contributed by atoms with E-state index in [0.717, 1.165) is 25.7 Å². The molecular formula is C34H58O8. The van der Waals surface area contributed by atoms with E-state index in [4.69, 9.17) is 18.9 Å². The van der Waals surface area contributed by atoms with Gasteiger partial charge < -0.3 is 29.2 Å². The summed E-state index contributed by atoms with van der Waals surface area (Å²) in [6.07, 6.45) is 9.72. The molecule has 0 bridgehead atoms. The van der Waals surface area contributed by atoms with Crippen molar-refractivity contribution in [2.24, 2.45) is 0 Å². The summed E-state index contributed by atoms with van der Waals surface area (Å²) >= 11 is 0. The number of hydrogen-bond donors (Lipinski definition) is 2. The Hall–Kier alpha value is -1.74. The third-order valence-electron chi connectivity index (χ3n) is 8.98. The van der Waals surface area contributed by atoms with Gasteiger partial charge in [-0.05, 0) is 120 Å². The SMILES string of the molecule is CC(=O)O[C@@H](CC[C@@]1(C)O[C@H]1CC[C@@H]1O[C@]1(C)CC[C@H](OC(C)=O)[C@](C)(O)CCC=C(C)C)[C@](C)(O)CCC=C(C)C. The van der Waals surface area contributed by atoms with Gasteiger partial charge in [0.05, 0.1) is 34.6 Å². The molecule has 8 atom stereocenters. The number of ether oxygens (including phenoxy) is 4. The van der Waals surface area contributed by atoms with E-state index in [1.807, 2.05) is 27.7 Å². The first-order chi connectivity index (χ1) is 19.3. The lowest BCUT2D eigenvalue weighted by Gasteiger charge is -2.32. The van der Waals surface area contributed by atoms with E-state index in [1.165, 1.54) is 25.0 Å². The molecule has 0 radical (unpaired) electrons. The number of rotatable bonds is 19. The van der Waals surface area contributed by atoms with Crippen molar-refractivity contribution in [3.63, 3.8) is 0 Å². The van der Waals surface area contributed by atoms with Crippen molar-refractivity contribution >= 4 is 11.9 Å². The highest BCUT2D eigenvalue weighted by Crippen LogP contribution is 2.49. The van der Waals surface area contributed by atoms with Gasteiger partial charge >= 0.3 is 11.9 Å². The van der Waals surface area contributed by atoms with Crippen LogP contribution in [0.4, 0.5) is 0 Å². The summed E-state index contributed by atoms with van der Waals surface area (Å²) in [4.78, 5) is 23.6. The van der Waals surface area contributed by atoms with Gasteiger partial charge in [-0.1, -0.05) is 23.3 Å². The number of allylic oxidation sites excluding steroid dienone is 4. The summed E-state index contributed by atoms with van der Waals surface area (Å²) in [5.74, 6) is -0.784. The number of aliphatic hydroxyl groups is 2. The van der Waals surface area contributed by atoms with E-state index < -0.39 is 35.3 Å². The van der Waals surface area contributed by atoms with E-state index in [1.54, 1.807) is 13.8 Å². The van der Waals surface area contributed by atoms with E-state index >= 15 is 0 Å². The van der Waals surface area contributed by atoms with Crippen molar-refractivity contribution < 1.29 is 38.7 Å². The molecule has 0 amide bonds. The molecule has 8 nitrogen and oxygen atoms in total. The normalized spacial score (nSPS) is 28.9. The standard InChI is InChI=1S/C34H58O8/c1-23(2)13-11-19-31(7,37)27(39-25(5)35)17-21-33(9)29(41-33)15-16-30-34(10,42-30)22-18-28(40-26(6)36)32(8,38)20-12-14-24(3)4/h13-14,27-30,37-38H,11-12,15-22H2,1-10H3/t27-,28-,29-,30-,31+,32+,33+,34+/m0/s1. The summed E-state index contributed by atoms with van der Waals surface area (Å²) < 4.78 is 23.3. The zero-order chi connectivity index (χ0) is 31.9. The quantitative estimate of drug-likeness (QED) is 0.0988. The maximum absolute atomic E-state index is 11.8. The Labute approximate surface area is 254 Å². The van der Waals surface area contributed by atoms with E-state index in [-0.39, 0.29) is 23.4 Å². The molecule has 0 aliphatic carbocycles. The smallest absolute Gasteiger partial charge is 0.303 e. The van der Waals surface area contributed by atoms with Crippen molar-refractivity contribution in [3.8, 4) is 0 Å². The van der Waals surface area contributed by atoms with Crippen LogP contribution in [0.25, 0.3) is 0 Å². The molecule has 2 rings (SSSR count). The monoisotopic (exact) mass is 594 g/mol. The highest BCUT2D eigenvalue weighted by Gasteiger charge is 2.56. The second kappa shape index (κ2) is 14.8. The predicted octanol–water partition coefficient (Wildman–Crippen LogP) is 6.50. The second-order valence-corrected chi connectivity index (χ2v) is 14.0. The Morgan fingerprint density at radius 3 is 1.36 bits per heavy atom. The zero-order valence-electron chi connectivity index (χ0n) is 27.9. The van der Waals surface area contributed by atoms with Crippen LogP contribution in [0.5, 0.6) is 0 Å². The van der Waals surface area contributed by atoms with Gasteiger partial charge in [0.1, 0.15) is 12.2 Å². The molecule has 2 saturated heterocycles. The van der Waals surface area contributed by atoms with Crippen LogP contribution in [0.3, 0.4) is 0 Å². The fraction of sp³-hybridized carbons (Fsp3) is 0.824. The average Bonchev–Trinajstić information content (AvgIpc) is 3.70. The average molecular weight is 595 g/mol. The van der Waals surface area contributed by atoms with Gasteiger partial charge in [-0.2, -0.15) is 0 Å². The molecule has 8 heteroatoms. The minimum atomic E-state index is -1.12. The number of carbonyl (C=O) groups is 2. The Morgan fingerprint density at radius 1 is 0.738 bits per heavy atom. The van der Waals surface area contributed by atoms with Gasteiger partial charge in [0.25, 0.3) is 0 Å². The summed E-state index contributed by atoms with van der Waals surface area (Å²) in [7, 11) is 0. The lowest BCUT2D eigenvalue weighted by atomic mass is 9.86. The van der Waals surface area contributed by atoms with Crippen molar-refractivity contribution in [1.29, 1.82) is 0 Å². The number of epoxide rings is 2. The molecule has 2 aliphatic rings. The maximum atomic E-state index is 11.8. The number of hydrogen-bond acceptors (Lipinski definition) is 8. The fourth-order valence-electron chi connectivity index (χ4n) is 5.91. The van der Waals surface area contributed by atoms with Crippen LogP contribution in [-0.2, 0) is 28.5 Å². The first-order valence-corrected chi connectivity index (χ1v) is 15.7. The zero-order valence-corrected chi connectivity index (χ0v) is 27.9. The highest BCUT2D eigenvalue weighted by atomic mass is 16.6. The minimum Gasteiger partial charge on any atom is -0.460 e. The van der Waals surface area contributed by atoms with Gasteiger partial charge in [0, 0.05) is 13.8 Å². The van der Waals surface area contributed by atoms with Crippen LogP contribution in [0.2, 0.25) is 0 Å². The van der Waals surface area contributed by atoms with Crippen molar-refractivity contribution in [1.82, 2.24) is 0 Å². The molecule has 0 aromatic heterocycles. The first kappa shape index (κ1) is 36.5. The van der Waals surface area contributed by atoms with E-state index in [0.29, 0.717) is 38.5 Å². The van der Waals surface area contributed by atoms with Gasteiger partial charge in [-0.3, -0.25) is 9.59 Å². The Balaban J connectivity index is 1.84. The fourth-order valence-corrected chi connectivity index (χ4v) is 5.91. The molecule has 0 aromatic rings. The minimum absolute atomic E-state index is 0.0872. The topological polar surface area (TPSA) is 118 Å². The summed E-state index contributed by atoms with van der Waals surface area (Å²) in [5, 5.41) is 22.2. The molecule has 2 fully saturated rings. The van der Waals surface area contributed by atoms with Gasteiger partial charge in [-0.15, -0.1) is 0 Å². The largest absolute Gasteiger partial charge is 0.460 e. The summed E-state index contributed by atoms with van der Waals surface area (Å²) in [6, 6.07) is 0. The molecule has 0 spiro atoms. The van der Waals surface area contributed by atoms with Crippen LogP contribution >= 0.6 is 0 Å². The number of carbonyl (C=O) groups excluding carboxylic acids is 2. The maximum Gasteiger partial charge on any atom is 0.303 e. The van der Waals surface area contributed by atoms with Crippen molar-refractivity contribution in [2.75, 3.05) is 0 Å². The van der Waals surface area contributed by atoms with Crippen LogP contribution in [0, 0.1) is 0 Å². The molecule has 2 aliphatic heterocycles. The Morgan fingerprint density at radius 2 is 1.07 bits per heavy atom. The van der Waals surface area contributed by atoms with Gasteiger partial charge in [0.15, 0.2) is 0 Å². The molecule has 0 aromatic carbocycles. The summed E-state index contributed by atoms with van der Waals surface area (Å²) in [6.45, 7) is 18.5. The lowest BCUT2D eigenvalue weighted by Crippen LogP contribution is -2.42. The van der Waals surface area contributed by atoms with E-state index in [2.05, 4.69) is 26.0 Å². The predicted molar refractivity (Wildman–Crippen MR) is 164 cm³/mol. The molecule has 0 saturated carbocycles. The van der Waals surface area contributed by atoms with Crippen molar-refractivity contribution in [2.45, 2.75) is 180 Å². The molecule has 0 unspecified atom stereocenters. The summed E-state index contributed by atoms with van der Waals surface area (Å²) in [5.41, 5.74) is -0.490. The Kier molecular flexibility index (Phi) is 12.9. The van der Waals surface area contributed by atoms with Gasteiger partial charge in [-0.25, -0.2) is 0 Å². The first-order valence-electron chi connectivity index (χ1n) is 15.7. The van der Waals surface area contributed by atoms with Crippen LogP contribution in [0.1, 0.15) is 133 Å².